The van der Waals surface area contributed by atoms with E-state index in [0.717, 1.165) is 28.0 Å². The first-order valence-electron chi connectivity index (χ1n) is 8.21. The van der Waals surface area contributed by atoms with Gasteiger partial charge in [0.25, 0.3) is 0 Å². The maximum Gasteiger partial charge on any atom is 0.348 e. The quantitative estimate of drug-likeness (QED) is 0.308. The molecule has 1 heterocycles. The van der Waals surface area contributed by atoms with E-state index in [1.165, 1.54) is 0 Å². The van der Waals surface area contributed by atoms with E-state index < -0.39 is 17.9 Å². The number of ether oxygens (including phenoxy) is 2. The lowest BCUT2D eigenvalue weighted by atomic mass is 10.2. The van der Waals surface area contributed by atoms with Crippen molar-refractivity contribution >= 4 is 34.9 Å². The predicted molar refractivity (Wildman–Crippen MR) is 102 cm³/mol. The molecule has 0 aliphatic carbocycles. The topological polar surface area (TPSA) is 102 Å². The Bertz CT molecular complexity index is 836. The minimum Gasteiger partial charge on any atom is -0.477 e. The first-order valence-corrected chi connectivity index (χ1v) is 9.03. The molecule has 0 spiro atoms. The van der Waals surface area contributed by atoms with E-state index in [9.17, 15) is 19.5 Å². The maximum atomic E-state index is 12.0. The van der Waals surface area contributed by atoms with Crippen LogP contribution >= 0.6 is 11.3 Å². The van der Waals surface area contributed by atoms with Crippen LogP contribution in [0, 0.1) is 0 Å². The summed E-state index contributed by atoms with van der Waals surface area (Å²) in [7, 11) is 0. The average molecular weight is 389 g/mol. The number of carbonyl (C=O) groups is 3. The molecule has 2 aromatic rings. The highest BCUT2D eigenvalue weighted by Crippen LogP contribution is 2.35. The molecule has 0 aliphatic rings. The van der Waals surface area contributed by atoms with Gasteiger partial charge in [0.15, 0.2) is 5.57 Å². The van der Waals surface area contributed by atoms with Crippen molar-refractivity contribution in [1.29, 1.82) is 0 Å². The van der Waals surface area contributed by atoms with E-state index in [0.29, 0.717) is 0 Å². The summed E-state index contributed by atoms with van der Waals surface area (Å²) in [5.41, 5.74) is 0.776. The molecule has 27 heavy (non-hydrogen) atoms. The van der Waals surface area contributed by atoms with Crippen LogP contribution in [-0.4, -0.2) is 36.2 Å². The molecule has 0 saturated carbocycles. The van der Waals surface area contributed by atoms with E-state index in [1.807, 2.05) is 30.3 Å². The third kappa shape index (κ3) is 5.18. The lowest BCUT2D eigenvalue weighted by Crippen LogP contribution is -2.19. The number of hydrogen-bond donors (Lipinski definition) is 2. The molecule has 0 atom stereocenters. The van der Waals surface area contributed by atoms with Gasteiger partial charge in [-0.15, -0.1) is 11.3 Å². The molecule has 8 heteroatoms. The Morgan fingerprint density at radius 2 is 1.67 bits per heavy atom. The van der Waals surface area contributed by atoms with Crippen LogP contribution in [-0.2, 0) is 19.1 Å². The van der Waals surface area contributed by atoms with Gasteiger partial charge >= 0.3 is 17.9 Å². The smallest absolute Gasteiger partial charge is 0.348 e. The second-order valence-corrected chi connectivity index (χ2v) is 6.22. The van der Waals surface area contributed by atoms with Crippen molar-refractivity contribution in [2.24, 2.45) is 0 Å². The summed E-state index contributed by atoms with van der Waals surface area (Å²) in [6, 6.07) is 10.9. The number of carbonyl (C=O) groups excluding carboxylic acids is 2. The Labute approximate surface area is 160 Å². The van der Waals surface area contributed by atoms with E-state index in [2.05, 4.69) is 5.32 Å². The number of thiophene rings is 1. The number of carboxylic acid groups (broad SMARTS) is 1. The second-order valence-electron chi connectivity index (χ2n) is 5.17. The van der Waals surface area contributed by atoms with Gasteiger partial charge in [-0.2, -0.15) is 0 Å². The molecule has 0 saturated heterocycles. The number of esters is 2. The van der Waals surface area contributed by atoms with Crippen molar-refractivity contribution in [1.82, 2.24) is 0 Å². The molecule has 0 aliphatic heterocycles. The van der Waals surface area contributed by atoms with Crippen LogP contribution in [0.2, 0.25) is 0 Å². The lowest BCUT2D eigenvalue weighted by Gasteiger charge is -2.07. The van der Waals surface area contributed by atoms with Crippen LogP contribution in [0.1, 0.15) is 23.5 Å². The molecule has 1 aromatic carbocycles. The van der Waals surface area contributed by atoms with Crippen LogP contribution in [0.4, 0.5) is 5.69 Å². The fraction of sp³-hybridized carbons (Fsp3) is 0.211. The highest BCUT2D eigenvalue weighted by molar-refractivity contribution is 7.18. The molecular weight excluding hydrogens is 370 g/mol. The van der Waals surface area contributed by atoms with Crippen LogP contribution in [0.3, 0.4) is 0 Å². The van der Waals surface area contributed by atoms with Gasteiger partial charge in [-0.3, -0.25) is 0 Å². The molecule has 0 amide bonds. The van der Waals surface area contributed by atoms with E-state index >= 15 is 0 Å². The fourth-order valence-electron chi connectivity index (χ4n) is 2.17. The van der Waals surface area contributed by atoms with Crippen molar-refractivity contribution in [3.8, 4) is 10.4 Å². The van der Waals surface area contributed by atoms with Crippen LogP contribution in [0.5, 0.6) is 0 Å². The van der Waals surface area contributed by atoms with Gasteiger partial charge in [0.1, 0.15) is 4.88 Å². The summed E-state index contributed by atoms with van der Waals surface area (Å²) >= 11 is 1.09. The summed E-state index contributed by atoms with van der Waals surface area (Å²) in [6.07, 6.45) is 1.11. The summed E-state index contributed by atoms with van der Waals surface area (Å²) in [5.74, 6) is -2.82. The molecule has 1 aromatic heterocycles. The molecule has 2 rings (SSSR count). The highest BCUT2D eigenvalue weighted by atomic mass is 32.1. The van der Waals surface area contributed by atoms with Gasteiger partial charge in [0.05, 0.1) is 18.9 Å². The third-order valence-corrected chi connectivity index (χ3v) is 4.52. The summed E-state index contributed by atoms with van der Waals surface area (Å²) < 4.78 is 9.70. The Morgan fingerprint density at radius 3 is 2.19 bits per heavy atom. The van der Waals surface area contributed by atoms with Gasteiger partial charge in [0.2, 0.25) is 0 Å². The zero-order chi connectivity index (χ0) is 19.8. The Balaban J connectivity index is 2.36. The summed E-state index contributed by atoms with van der Waals surface area (Å²) in [4.78, 5) is 36.3. The standard InChI is InChI=1S/C19H19NO6S/c1-3-25-18(23)13(19(24)26-4-2)11-20-14-10-15(27-16(14)17(21)22)12-8-6-5-7-9-12/h5-11,20H,3-4H2,1-2H3,(H,21,22). The lowest BCUT2D eigenvalue weighted by molar-refractivity contribution is -0.146. The minimum absolute atomic E-state index is 0.0529. The fourth-order valence-corrected chi connectivity index (χ4v) is 3.14. The van der Waals surface area contributed by atoms with E-state index in [-0.39, 0.29) is 29.4 Å². The molecule has 0 unspecified atom stereocenters. The van der Waals surface area contributed by atoms with Crippen LogP contribution in [0.15, 0.2) is 48.2 Å². The van der Waals surface area contributed by atoms with Crippen LogP contribution in [0.25, 0.3) is 10.4 Å². The predicted octanol–water partition coefficient (Wildman–Crippen LogP) is 3.54. The number of nitrogens with one attached hydrogen (secondary N) is 1. The van der Waals surface area contributed by atoms with Crippen molar-refractivity contribution in [3.63, 3.8) is 0 Å². The normalized spacial score (nSPS) is 10.0. The summed E-state index contributed by atoms with van der Waals surface area (Å²) in [6.45, 7) is 3.41. The van der Waals surface area contributed by atoms with Gasteiger partial charge in [-0.1, -0.05) is 30.3 Å². The van der Waals surface area contributed by atoms with Crippen molar-refractivity contribution in [2.45, 2.75) is 13.8 Å². The monoisotopic (exact) mass is 389 g/mol. The second kappa shape index (κ2) is 9.54. The number of aromatic carboxylic acids is 1. The Kier molecular flexibility index (Phi) is 7.13. The molecule has 0 radical (unpaired) electrons. The van der Waals surface area contributed by atoms with Crippen molar-refractivity contribution in [3.05, 3.63) is 53.0 Å². The number of hydrogen-bond acceptors (Lipinski definition) is 7. The van der Waals surface area contributed by atoms with Gasteiger partial charge in [-0.25, -0.2) is 14.4 Å². The van der Waals surface area contributed by atoms with Gasteiger partial charge in [-0.05, 0) is 25.5 Å². The average Bonchev–Trinajstić information content (AvgIpc) is 3.08. The van der Waals surface area contributed by atoms with Crippen LogP contribution < -0.4 is 5.32 Å². The van der Waals surface area contributed by atoms with Gasteiger partial charge in [0, 0.05) is 11.1 Å². The Morgan fingerprint density at radius 1 is 1.07 bits per heavy atom. The molecule has 7 nitrogen and oxygen atoms in total. The molecular formula is C19H19NO6S. The number of anilines is 1. The molecule has 0 bridgehead atoms. The molecule has 2 N–H and O–H groups in total. The highest BCUT2D eigenvalue weighted by Gasteiger charge is 2.22. The van der Waals surface area contributed by atoms with E-state index in [4.69, 9.17) is 9.47 Å². The molecule has 142 valence electrons. The largest absolute Gasteiger partial charge is 0.477 e. The Hall–Kier alpha value is -3.13. The first kappa shape index (κ1) is 20.2. The number of carboxylic acids is 1. The zero-order valence-electron chi connectivity index (χ0n) is 14.9. The zero-order valence-corrected chi connectivity index (χ0v) is 15.7. The SMILES string of the molecule is CCOC(=O)C(=CNc1cc(-c2ccccc2)sc1C(=O)O)C(=O)OCC. The van der Waals surface area contributed by atoms with Crippen molar-refractivity contribution in [2.75, 3.05) is 18.5 Å². The van der Waals surface area contributed by atoms with Gasteiger partial charge < -0.3 is 19.9 Å². The van der Waals surface area contributed by atoms with Crippen molar-refractivity contribution < 1.29 is 29.0 Å². The number of rotatable bonds is 8. The maximum absolute atomic E-state index is 12.0. The molecule has 0 fully saturated rings. The summed E-state index contributed by atoms with van der Waals surface area (Å²) in [5, 5.41) is 12.2. The van der Waals surface area contributed by atoms with E-state index in [1.54, 1.807) is 19.9 Å². The first-order chi connectivity index (χ1) is 13.0. The third-order valence-electron chi connectivity index (χ3n) is 3.35. The minimum atomic E-state index is -1.12. The number of benzene rings is 1.